The second-order valence-electron chi connectivity index (χ2n) is 6.12. The number of rotatable bonds is 8. The summed E-state index contributed by atoms with van der Waals surface area (Å²) in [4.78, 5) is 47.8. The van der Waals surface area contributed by atoms with E-state index in [0.717, 1.165) is 0 Å². The molecule has 2 rings (SSSR count). The summed E-state index contributed by atoms with van der Waals surface area (Å²) in [5.41, 5.74) is 1.53. The van der Waals surface area contributed by atoms with Gasteiger partial charge in [-0.3, -0.25) is 9.59 Å². The zero-order chi connectivity index (χ0) is 22.1. The van der Waals surface area contributed by atoms with Crippen molar-refractivity contribution >= 4 is 35.1 Å². The molecule has 2 aromatic rings. The predicted molar refractivity (Wildman–Crippen MR) is 111 cm³/mol. The lowest BCUT2D eigenvalue weighted by Gasteiger charge is -2.11. The summed E-state index contributed by atoms with van der Waals surface area (Å²) in [5.74, 6) is -1.88. The van der Waals surface area contributed by atoms with Crippen molar-refractivity contribution in [2.75, 3.05) is 37.9 Å². The monoisotopic (exact) mass is 413 g/mol. The molecule has 0 unspecified atom stereocenters. The van der Waals surface area contributed by atoms with Crippen LogP contribution in [0.2, 0.25) is 0 Å². The molecule has 0 bridgehead atoms. The van der Waals surface area contributed by atoms with Crippen LogP contribution in [0.1, 0.15) is 38.0 Å². The van der Waals surface area contributed by atoms with Crippen LogP contribution in [0.4, 0.5) is 11.4 Å². The van der Waals surface area contributed by atoms with Gasteiger partial charge in [0.25, 0.3) is 5.91 Å². The molecular weight excluding hydrogens is 390 g/mol. The minimum absolute atomic E-state index is 0.137. The van der Waals surface area contributed by atoms with Crippen molar-refractivity contribution in [2.24, 2.45) is 0 Å². The van der Waals surface area contributed by atoms with Crippen LogP contribution in [0.3, 0.4) is 0 Å². The topological polar surface area (TPSA) is 123 Å². The molecule has 3 N–H and O–H groups in total. The molecule has 158 valence electrons. The molecule has 9 heteroatoms. The van der Waals surface area contributed by atoms with Gasteiger partial charge in [0.2, 0.25) is 5.91 Å². The van der Waals surface area contributed by atoms with Crippen molar-refractivity contribution in [1.82, 2.24) is 5.32 Å². The quantitative estimate of drug-likeness (QED) is 0.566. The lowest BCUT2D eigenvalue weighted by Crippen LogP contribution is -2.24. The molecule has 0 spiro atoms. The highest BCUT2D eigenvalue weighted by Gasteiger charge is 2.14. The maximum atomic E-state index is 12.3. The minimum atomic E-state index is -0.629. The number of ether oxygens (including phenoxy) is 2. The fourth-order valence-electron chi connectivity index (χ4n) is 2.59. The zero-order valence-corrected chi connectivity index (χ0v) is 16.9. The number of hydrogen-bond acceptors (Lipinski definition) is 7. The summed E-state index contributed by atoms with van der Waals surface area (Å²) in [6, 6.07) is 10.8. The Kier molecular flexibility index (Phi) is 7.92. The summed E-state index contributed by atoms with van der Waals surface area (Å²) in [6.45, 7) is 2.17. The van der Waals surface area contributed by atoms with Crippen molar-refractivity contribution in [2.45, 2.75) is 6.92 Å². The van der Waals surface area contributed by atoms with Crippen molar-refractivity contribution in [3.05, 3.63) is 59.2 Å². The van der Waals surface area contributed by atoms with Crippen LogP contribution < -0.4 is 16.0 Å². The number of anilines is 2. The number of benzene rings is 2. The highest BCUT2D eigenvalue weighted by atomic mass is 16.5. The Hall–Kier alpha value is -3.88. The Morgan fingerprint density at radius 3 is 2.00 bits per heavy atom. The number of amides is 2. The Bertz CT molecular complexity index is 923. The standard InChI is InChI=1S/C21H23N3O6/c1-4-22-19(26)13-6-5-7-16(9-13)24-18(25)12-23-17-10-14(20(27)29-2)8-15(11-17)21(28)30-3/h5-11,23H,4,12H2,1-3H3,(H,22,26)(H,24,25). The first kappa shape index (κ1) is 22.4. The first-order valence-corrected chi connectivity index (χ1v) is 9.11. The van der Waals surface area contributed by atoms with Gasteiger partial charge in [-0.15, -0.1) is 0 Å². The molecule has 9 nitrogen and oxygen atoms in total. The molecule has 0 saturated carbocycles. The Balaban J connectivity index is 2.08. The molecule has 0 aliphatic rings. The lowest BCUT2D eigenvalue weighted by molar-refractivity contribution is -0.114. The van der Waals surface area contributed by atoms with Crippen LogP contribution in [0, 0.1) is 0 Å². The Morgan fingerprint density at radius 1 is 0.833 bits per heavy atom. The largest absolute Gasteiger partial charge is 0.465 e. The molecule has 0 radical (unpaired) electrons. The third kappa shape index (κ3) is 6.06. The third-order valence-corrected chi connectivity index (χ3v) is 3.97. The van der Waals surface area contributed by atoms with Crippen molar-refractivity contribution in [1.29, 1.82) is 0 Å². The fraction of sp³-hybridized carbons (Fsp3) is 0.238. The first-order valence-electron chi connectivity index (χ1n) is 9.11. The van der Waals surface area contributed by atoms with E-state index in [1.807, 2.05) is 6.92 Å². The van der Waals surface area contributed by atoms with Crippen LogP contribution in [0.5, 0.6) is 0 Å². The number of hydrogen-bond donors (Lipinski definition) is 3. The van der Waals surface area contributed by atoms with E-state index in [4.69, 9.17) is 0 Å². The van der Waals surface area contributed by atoms with Gasteiger partial charge >= 0.3 is 11.9 Å². The van der Waals surface area contributed by atoms with Crippen LogP contribution in [-0.4, -0.2) is 51.1 Å². The fourth-order valence-corrected chi connectivity index (χ4v) is 2.59. The van der Waals surface area contributed by atoms with Gasteiger partial charge in [0.05, 0.1) is 31.9 Å². The molecule has 0 aromatic heterocycles. The summed E-state index contributed by atoms with van der Waals surface area (Å²) in [7, 11) is 2.45. The minimum Gasteiger partial charge on any atom is -0.465 e. The molecule has 0 aliphatic heterocycles. The molecular formula is C21H23N3O6. The third-order valence-electron chi connectivity index (χ3n) is 3.97. The molecule has 0 fully saturated rings. The zero-order valence-electron chi connectivity index (χ0n) is 16.9. The van der Waals surface area contributed by atoms with Gasteiger partial charge in [0.15, 0.2) is 0 Å². The van der Waals surface area contributed by atoms with Gasteiger partial charge in [-0.25, -0.2) is 9.59 Å². The summed E-state index contributed by atoms with van der Waals surface area (Å²) in [6.07, 6.45) is 0. The van der Waals surface area contributed by atoms with Gasteiger partial charge < -0.3 is 25.4 Å². The Morgan fingerprint density at radius 2 is 1.43 bits per heavy atom. The molecule has 0 atom stereocenters. The SMILES string of the molecule is CCNC(=O)c1cccc(NC(=O)CNc2cc(C(=O)OC)cc(C(=O)OC)c2)c1. The van der Waals surface area contributed by atoms with Gasteiger partial charge in [0.1, 0.15) is 0 Å². The lowest BCUT2D eigenvalue weighted by atomic mass is 10.1. The molecule has 2 amide bonds. The number of carbonyl (C=O) groups is 4. The normalized spacial score (nSPS) is 9.97. The smallest absolute Gasteiger partial charge is 0.337 e. The average Bonchev–Trinajstić information content (AvgIpc) is 2.76. The van der Waals surface area contributed by atoms with Gasteiger partial charge in [0, 0.05) is 23.5 Å². The van der Waals surface area contributed by atoms with E-state index in [-0.39, 0.29) is 29.5 Å². The number of nitrogens with one attached hydrogen (secondary N) is 3. The number of methoxy groups -OCH3 is 2. The number of esters is 2. The average molecular weight is 413 g/mol. The van der Waals surface area contributed by atoms with E-state index < -0.39 is 11.9 Å². The molecule has 2 aromatic carbocycles. The molecule has 0 heterocycles. The summed E-state index contributed by atoms with van der Waals surface area (Å²) in [5, 5.41) is 8.22. The van der Waals surface area contributed by atoms with E-state index in [9.17, 15) is 19.2 Å². The van der Waals surface area contributed by atoms with E-state index in [1.165, 1.54) is 32.4 Å². The highest BCUT2D eigenvalue weighted by molar-refractivity contribution is 5.99. The molecule has 30 heavy (non-hydrogen) atoms. The van der Waals surface area contributed by atoms with Gasteiger partial charge in [-0.1, -0.05) is 6.07 Å². The summed E-state index contributed by atoms with van der Waals surface area (Å²) < 4.78 is 9.36. The second-order valence-corrected chi connectivity index (χ2v) is 6.12. The van der Waals surface area contributed by atoms with Gasteiger partial charge in [-0.05, 0) is 43.3 Å². The predicted octanol–water partition coefficient (Wildman–Crippen LogP) is 2.06. The van der Waals surface area contributed by atoms with Crippen LogP contribution >= 0.6 is 0 Å². The second kappa shape index (κ2) is 10.6. The first-order chi connectivity index (χ1) is 14.4. The Labute approximate surface area is 173 Å². The van der Waals surface area contributed by atoms with Crippen LogP contribution in [0.25, 0.3) is 0 Å². The molecule has 0 aliphatic carbocycles. The number of carbonyl (C=O) groups excluding carboxylic acids is 4. The maximum absolute atomic E-state index is 12.3. The molecule has 0 saturated heterocycles. The van der Waals surface area contributed by atoms with E-state index in [1.54, 1.807) is 24.3 Å². The van der Waals surface area contributed by atoms with E-state index >= 15 is 0 Å². The van der Waals surface area contributed by atoms with Crippen LogP contribution in [0.15, 0.2) is 42.5 Å². The summed E-state index contributed by atoms with van der Waals surface area (Å²) >= 11 is 0. The van der Waals surface area contributed by atoms with Gasteiger partial charge in [-0.2, -0.15) is 0 Å². The van der Waals surface area contributed by atoms with Crippen molar-refractivity contribution in [3.63, 3.8) is 0 Å². The highest BCUT2D eigenvalue weighted by Crippen LogP contribution is 2.17. The maximum Gasteiger partial charge on any atom is 0.337 e. The van der Waals surface area contributed by atoms with E-state index in [0.29, 0.717) is 23.5 Å². The van der Waals surface area contributed by atoms with Crippen molar-refractivity contribution in [3.8, 4) is 0 Å². The van der Waals surface area contributed by atoms with E-state index in [2.05, 4.69) is 25.4 Å². The van der Waals surface area contributed by atoms with Crippen LogP contribution in [-0.2, 0) is 14.3 Å². The van der Waals surface area contributed by atoms with Crippen molar-refractivity contribution < 1.29 is 28.7 Å².